The number of fused-ring (bicyclic) bond motifs is 4. The van der Waals surface area contributed by atoms with E-state index in [1.54, 1.807) is 33.4 Å². The van der Waals surface area contributed by atoms with Crippen molar-refractivity contribution in [1.82, 2.24) is 0 Å². The third-order valence-corrected chi connectivity index (χ3v) is 14.0. The summed E-state index contributed by atoms with van der Waals surface area (Å²) in [6, 6.07) is 15.0. The number of hydrogen-bond acceptors (Lipinski definition) is 0. The maximum Gasteiger partial charge on any atom is 0.0551 e. The summed E-state index contributed by atoms with van der Waals surface area (Å²) in [6.45, 7) is 12.1. The van der Waals surface area contributed by atoms with Crippen molar-refractivity contribution in [2.45, 2.75) is 212 Å². The molecule has 0 N–H and O–H groups in total. The monoisotopic (exact) mass is 668 g/mol. The van der Waals surface area contributed by atoms with Crippen LogP contribution in [-0.4, -0.2) is 8.80 Å². The Kier molecular flexibility index (Phi) is 17.6. The molecule has 0 aromatic heterocycles. The highest BCUT2D eigenvalue weighted by Crippen LogP contribution is 2.56. The Balaban J connectivity index is 1.37. The summed E-state index contributed by atoms with van der Waals surface area (Å²) in [4.78, 5) is 0. The van der Waals surface area contributed by atoms with E-state index in [1.807, 2.05) is 0 Å². The van der Waals surface area contributed by atoms with E-state index in [4.69, 9.17) is 0 Å². The molecule has 1 radical (unpaired) electrons. The van der Waals surface area contributed by atoms with Crippen LogP contribution in [0.2, 0.25) is 13.1 Å². The van der Waals surface area contributed by atoms with Gasteiger partial charge in [0.1, 0.15) is 0 Å². The zero-order valence-corrected chi connectivity index (χ0v) is 33.5. The van der Waals surface area contributed by atoms with E-state index in [2.05, 4.69) is 76.3 Å². The number of rotatable bonds is 27. The van der Waals surface area contributed by atoms with Crippen molar-refractivity contribution in [2.24, 2.45) is 0 Å². The molecule has 0 nitrogen and oxygen atoms in total. The second-order valence-corrected chi connectivity index (χ2v) is 19.1. The minimum atomic E-state index is -0.441. The van der Waals surface area contributed by atoms with Crippen LogP contribution in [0.3, 0.4) is 0 Å². The number of benzene rings is 2. The molecular formula is C47H75Si. The Labute approximate surface area is 301 Å². The van der Waals surface area contributed by atoms with Crippen molar-refractivity contribution >= 4 is 14.9 Å². The molecule has 267 valence electrons. The van der Waals surface area contributed by atoms with Crippen molar-refractivity contribution < 1.29 is 0 Å². The maximum atomic E-state index is 2.75. The highest BCUT2D eigenvalue weighted by atomic mass is 28.3. The van der Waals surface area contributed by atoms with Crippen LogP contribution < -0.4 is 0 Å². The molecule has 2 aliphatic carbocycles. The molecule has 2 aliphatic rings. The van der Waals surface area contributed by atoms with Gasteiger partial charge in [0.15, 0.2) is 0 Å². The summed E-state index contributed by atoms with van der Waals surface area (Å²) in [5.41, 5.74) is 12.1. The van der Waals surface area contributed by atoms with Crippen molar-refractivity contribution in [1.29, 1.82) is 0 Å². The summed E-state index contributed by atoms with van der Waals surface area (Å²) >= 11 is 0. The molecular weight excluding hydrogens is 593 g/mol. The lowest BCUT2D eigenvalue weighted by Gasteiger charge is -2.33. The normalized spacial score (nSPS) is 16.0. The van der Waals surface area contributed by atoms with E-state index >= 15 is 0 Å². The van der Waals surface area contributed by atoms with Crippen molar-refractivity contribution in [3.8, 4) is 11.1 Å². The fourth-order valence-electron chi connectivity index (χ4n) is 9.45. The van der Waals surface area contributed by atoms with E-state index in [9.17, 15) is 0 Å². The molecule has 1 unspecified atom stereocenters. The minimum absolute atomic E-state index is 0.202. The van der Waals surface area contributed by atoms with Crippen molar-refractivity contribution in [3.63, 3.8) is 0 Å². The van der Waals surface area contributed by atoms with Crippen LogP contribution in [0, 0.1) is 0 Å². The SMILES string of the molecule is CCCCCCCCCCCCCCC1(CCCCCCCCCCCCCC)c2ccccc2-c2cc3c(cc21)C([Si](C)C)C(C)=C3. The van der Waals surface area contributed by atoms with Gasteiger partial charge in [-0.3, -0.25) is 0 Å². The number of unbranched alkanes of at least 4 members (excludes halogenated alkanes) is 22. The lowest BCUT2D eigenvalue weighted by Crippen LogP contribution is -2.26. The molecule has 0 saturated heterocycles. The third kappa shape index (κ3) is 10.9. The Bertz CT molecular complexity index is 1190. The first-order chi connectivity index (χ1) is 23.5. The van der Waals surface area contributed by atoms with Gasteiger partial charge in [-0.15, -0.1) is 0 Å². The van der Waals surface area contributed by atoms with Gasteiger partial charge in [-0.2, -0.15) is 0 Å². The predicted octanol–water partition coefficient (Wildman–Crippen LogP) is 15.9. The Hall–Kier alpha value is -1.60. The van der Waals surface area contributed by atoms with E-state index in [0.29, 0.717) is 5.54 Å². The molecule has 0 spiro atoms. The molecule has 2 aromatic carbocycles. The third-order valence-electron chi connectivity index (χ3n) is 12.1. The van der Waals surface area contributed by atoms with Crippen molar-refractivity contribution in [2.75, 3.05) is 0 Å². The van der Waals surface area contributed by atoms with Crippen LogP contribution in [0.1, 0.15) is 216 Å². The first kappa shape index (κ1) is 39.2. The number of hydrogen-bond donors (Lipinski definition) is 0. The molecule has 0 fully saturated rings. The van der Waals surface area contributed by atoms with Gasteiger partial charge >= 0.3 is 0 Å². The molecule has 1 heteroatoms. The summed E-state index contributed by atoms with van der Waals surface area (Å²) < 4.78 is 0. The van der Waals surface area contributed by atoms with Gasteiger partial charge in [0.05, 0.1) is 8.80 Å². The fourth-order valence-corrected chi connectivity index (χ4v) is 11.3. The zero-order chi connectivity index (χ0) is 34.0. The standard InChI is InChI=1S/C47H75Si/c1-6-8-10-12-14-16-18-20-22-24-26-30-34-47(35-31-27-25-23-21-19-17-15-13-11-9-7-2)44-33-29-28-32-41(44)43-37-40-36-39(3)46(48(4)5)42(40)38-45(43)47/h28-29,32-33,36-38,46H,6-27,30-31,34-35H2,1-5H3. The Morgan fingerprint density at radius 3 is 1.42 bits per heavy atom. The predicted molar refractivity (Wildman–Crippen MR) is 218 cm³/mol. The second kappa shape index (κ2) is 21.6. The van der Waals surface area contributed by atoms with Crippen LogP contribution in [0.15, 0.2) is 42.0 Å². The second-order valence-electron chi connectivity index (χ2n) is 16.3. The summed E-state index contributed by atoms with van der Waals surface area (Å²) in [6.07, 6.45) is 39.4. The van der Waals surface area contributed by atoms with Crippen LogP contribution in [0.5, 0.6) is 0 Å². The largest absolute Gasteiger partial charge is 0.0705 e. The van der Waals surface area contributed by atoms with Gasteiger partial charge in [0, 0.05) is 5.41 Å². The topological polar surface area (TPSA) is 0 Å². The minimum Gasteiger partial charge on any atom is -0.0705 e. The summed E-state index contributed by atoms with van der Waals surface area (Å²) in [7, 11) is -0.441. The lowest BCUT2D eigenvalue weighted by molar-refractivity contribution is 0.396. The van der Waals surface area contributed by atoms with Crippen LogP contribution in [0.25, 0.3) is 17.2 Å². The van der Waals surface area contributed by atoms with E-state index in [1.165, 1.54) is 173 Å². The first-order valence-electron chi connectivity index (χ1n) is 21.3. The highest BCUT2D eigenvalue weighted by Gasteiger charge is 2.43. The first-order valence-corrected chi connectivity index (χ1v) is 23.9. The van der Waals surface area contributed by atoms with Gasteiger partial charge in [-0.1, -0.05) is 223 Å². The van der Waals surface area contributed by atoms with Gasteiger partial charge in [-0.25, -0.2) is 0 Å². The lowest BCUT2D eigenvalue weighted by atomic mass is 9.70. The fraction of sp³-hybridized carbons (Fsp3) is 0.702. The van der Waals surface area contributed by atoms with E-state index in [-0.39, 0.29) is 5.41 Å². The van der Waals surface area contributed by atoms with Gasteiger partial charge in [0.2, 0.25) is 0 Å². The Morgan fingerprint density at radius 2 is 0.958 bits per heavy atom. The van der Waals surface area contributed by atoms with Crippen LogP contribution in [0.4, 0.5) is 0 Å². The highest BCUT2D eigenvalue weighted by molar-refractivity contribution is 6.58. The molecule has 0 bridgehead atoms. The molecule has 4 rings (SSSR count). The molecule has 0 amide bonds. The van der Waals surface area contributed by atoms with E-state index < -0.39 is 8.80 Å². The van der Waals surface area contributed by atoms with Crippen molar-refractivity contribution in [3.05, 3.63) is 64.2 Å². The average molecular weight is 668 g/mol. The maximum absolute atomic E-state index is 2.75. The molecule has 0 aliphatic heterocycles. The quantitative estimate of drug-likeness (QED) is 0.0657. The van der Waals surface area contributed by atoms with Crippen LogP contribution >= 0.6 is 0 Å². The summed E-state index contributed by atoms with van der Waals surface area (Å²) in [5.74, 6) is 0. The molecule has 1 atom stereocenters. The van der Waals surface area contributed by atoms with Gasteiger partial charge in [0.25, 0.3) is 0 Å². The zero-order valence-electron chi connectivity index (χ0n) is 32.5. The summed E-state index contributed by atoms with van der Waals surface area (Å²) in [5, 5.41) is 0. The van der Waals surface area contributed by atoms with E-state index in [0.717, 1.165) is 0 Å². The number of allylic oxidation sites excluding steroid dienone is 1. The van der Waals surface area contributed by atoms with Crippen LogP contribution in [-0.2, 0) is 5.41 Å². The smallest absolute Gasteiger partial charge is 0.0551 e. The Morgan fingerprint density at radius 1 is 0.521 bits per heavy atom. The molecule has 2 aromatic rings. The van der Waals surface area contributed by atoms with Gasteiger partial charge in [-0.05, 0) is 64.8 Å². The average Bonchev–Trinajstić information content (AvgIpc) is 3.55. The molecule has 48 heavy (non-hydrogen) atoms. The molecule has 0 heterocycles. The van der Waals surface area contributed by atoms with Gasteiger partial charge < -0.3 is 0 Å². The molecule has 0 saturated carbocycles.